The van der Waals surface area contributed by atoms with E-state index in [1.54, 1.807) is 25.1 Å². The van der Waals surface area contributed by atoms with Crippen molar-refractivity contribution >= 4 is 16.0 Å². The SMILES string of the molecule is COc1ccccc1S(=O)(=O)N1CC(C)C(C(=O)O)C1. The van der Waals surface area contributed by atoms with Gasteiger partial charge in [-0.25, -0.2) is 8.42 Å². The molecule has 1 heterocycles. The maximum atomic E-state index is 12.6. The molecule has 1 aliphatic rings. The molecule has 2 atom stereocenters. The second kappa shape index (κ2) is 5.41. The van der Waals surface area contributed by atoms with Crippen LogP contribution in [-0.2, 0) is 14.8 Å². The molecule has 0 aromatic heterocycles. The zero-order chi connectivity index (χ0) is 14.9. The predicted molar refractivity (Wildman–Crippen MR) is 72.0 cm³/mol. The van der Waals surface area contributed by atoms with Crippen molar-refractivity contribution in [3.8, 4) is 5.75 Å². The highest BCUT2D eigenvalue weighted by molar-refractivity contribution is 7.89. The van der Waals surface area contributed by atoms with E-state index in [1.807, 2.05) is 0 Å². The van der Waals surface area contributed by atoms with Crippen LogP contribution in [0.3, 0.4) is 0 Å². The summed E-state index contributed by atoms with van der Waals surface area (Å²) in [5.41, 5.74) is 0. The number of nitrogens with zero attached hydrogens (tertiary/aromatic N) is 1. The molecule has 0 radical (unpaired) electrons. The summed E-state index contributed by atoms with van der Waals surface area (Å²) in [5.74, 6) is -1.58. The summed E-state index contributed by atoms with van der Waals surface area (Å²) in [7, 11) is -2.33. The number of sulfonamides is 1. The van der Waals surface area contributed by atoms with Gasteiger partial charge in [-0.3, -0.25) is 4.79 Å². The summed E-state index contributed by atoms with van der Waals surface area (Å²) in [6, 6.07) is 6.34. The Kier molecular flexibility index (Phi) is 4.01. The van der Waals surface area contributed by atoms with Gasteiger partial charge in [-0.15, -0.1) is 0 Å². The monoisotopic (exact) mass is 299 g/mol. The topological polar surface area (TPSA) is 83.9 Å². The molecule has 0 saturated carbocycles. The average Bonchev–Trinajstić information content (AvgIpc) is 2.81. The van der Waals surface area contributed by atoms with E-state index < -0.39 is 21.9 Å². The molecular formula is C13H17NO5S. The van der Waals surface area contributed by atoms with Gasteiger partial charge in [0.2, 0.25) is 10.0 Å². The molecule has 1 saturated heterocycles. The van der Waals surface area contributed by atoms with Crippen LogP contribution in [0.5, 0.6) is 5.75 Å². The first-order chi connectivity index (χ1) is 9.37. The van der Waals surface area contributed by atoms with Crippen molar-refractivity contribution in [2.75, 3.05) is 20.2 Å². The van der Waals surface area contributed by atoms with Crippen molar-refractivity contribution in [2.45, 2.75) is 11.8 Å². The van der Waals surface area contributed by atoms with Crippen LogP contribution in [0.1, 0.15) is 6.92 Å². The van der Waals surface area contributed by atoms with E-state index in [-0.39, 0.29) is 29.7 Å². The number of carbonyl (C=O) groups is 1. The fourth-order valence-electron chi connectivity index (χ4n) is 2.41. The summed E-state index contributed by atoms with van der Waals surface area (Å²) in [4.78, 5) is 11.2. The van der Waals surface area contributed by atoms with Gasteiger partial charge in [0.05, 0.1) is 13.0 Å². The minimum Gasteiger partial charge on any atom is -0.495 e. The van der Waals surface area contributed by atoms with Gasteiger partial charge < -0.3 is 9.84 Å². The second-order valence-corrected chi connectivity index (χ2v) is 6.80. The number of hydrogen-bond acceptors (Lipinski definition) is 4. The fraction of sp³-hybridized carbons (Fsp3) is 0.462. The summed E-state index contributed by atoms with van der Waals surface area (Å²) in [5, 5.41) is 9.09. The zero-order valence-electron chi connectivity index (χ0n) is 11.3. The standard InChI is InChI=1S/C13H17NO5S/c1-9-7-14(8-10(9)13(15)16)20(17,18)12-6-4-3-5-11(12)19-2/h3-6,9-10H,7-8H2,1-2H3,(H,15,16). The van der Waals surface area contributed by atoms with E-state index in [2.05, 4.69) is 0 Å². The largest absolute Gasteiger partial charge is 0.495 e. The minimum atomic E-state index is -3.74. The number of aliphatic carboxylic acids is 1. The van der Waals surface area contributed by atoms with E-state index >= 15 is 0 Å². The van der Waals surface area contributed by atoms with Crippen LogP contribution in [0.4, 0.5) is 0 Å². The van der Waals surface area contributed by atoms with Crippen LogP contribution in [0.2, 0.25) is 0 Å². The molecule has 0 bridgehead atoms. The Balaban J connectivity index is 2.35. The van der Waals surface area contributed by atoms with Gasteiger partial charge in [-0.2, -0.15) is 4.31 Å². The van der Waals surface area contributed by atoms with Crippen molar-refractivity contribution in [2.24, 2.45) is 11.8 Å². The Labute approximate surface area is 118 Å². The first kappa shape index (κ1) is 14.8. The highest BCUT2D eigenvalue weighted by Gasteiger charge is 2.41. The molecule has 1 fully saturated rings. The fourth-order valence-corrected chi connectivity index (χ4v) is 4.13. The number of methoxy groups -OCH3 is 1. The van der Waals surface area contributed by atoms with Crippen LogP contribution < -0.4 is 4.74 Å². The summed E-state index contributed by atoms with van der Waals surface area (Å²) in [6.07, 6.45) is 0. The highest BCUT2D eigenvalue weighted by Crippen LogP contribution is 2.32. The van der Waals surface area contributed by atoms with Crippen molar-refractivity contribution in [3.05, 3.63) is 24.3 Å². The molecule has 1 aromatic rings. The van der Waals surface area contributed by atoms with E-state index in [0.29, 0.717) is 0 Å². The van der Waals surface area contributed by atoms with E-state index in [0.717, 1.165) is 0 Å². The second-order valence-electron chi connectivity index (χ2n) is 4.89. The summed E-state index contributed by atoms with van der Waals surface area (Å²) in [6.45, 7) is 1.95. The molecule has 1 N–H and O–H groups in total. The molecule has 0 aliphatic carbocycles. The lowest BCUT2D eigenvalue weighted by atomic mass is 9.99. The van der Waals surface area contributed by atoms with Gasteiger partial charge in [0.15, 0.2) is 0 Å². The van der Waals surface area contributed by atoms with Gasteiger partial charge in [-0.1, -0.05) is 19.1 Å². The van der Waals surface area contributed by atoms with Crippen LogP contribution >= 0.6 is 0 Å². The van der Waals surface area contributed by atoms with E-state index in [1.165, 1.54) is 17.5 Å². The zero-order valence-corrected chi connectivity index (χ0v) is 12.1. The first-order valence-corrected chi connectivity index (χ1v) is 7.68. The molecule has 0 amide bonds. The number of rotatable bonds is 4. The maximum Gasteiger partial charge on any atom is 0.308 e. The highest BCUT2D eigenvalue weighted by atomic mass is 32.2. The molecule has 1 aliphatic heterocycles. The predicted octanol–water partition coefficient (Wildman–Crippen LogP) is 1.04. The third-order valence-corrected chi connectivity index (χ3v) is 5.45. The normalized spacial score (nSPS) is 23.7. The Morgan fingerprint density at radius 3 is 2.55 bits per heavy atom. The van der Waals surface area contributed by atoms with Gasteiger partial charge in [-0.05, 0) is 18.1 Å². The lowest BCUT2D eigenvalue weighted by Crippen LogP contribution is -2.30. The molecular weight excluding hydrogens is 282 g/mol. The molecule has 0 spiro atoms. The van der Waals surface area contributed by atoms with Crippen LogP contribution in [0.15, 0.2) is 29.2 Å². The number of carboxylic acid groups (broad SMARTS) is 1. The minimum absolute atomic E-state index is 0.00309. The van der Waals surface area contributed by atoms with Crippen LogP contribution in [0, 0.1) is 11.8 Å². The number of ether oxygens (including phenoxy) is 1. The molecule has 1 aromatic carbocycles. The van der Waals surface area contributed by atoms with Crippen molar-refractivity contribution < 1.29 is 23.1 Å². The Bertz CT molecular complexity index is 613. The van der Waals surface area contributed by atoms with E-state index in [9.17, 15) is 13.2 Å². The number of carboxylic acids is 1. The van der Waals surface area contributed by atoms with Gasteiger partial charge in [0.25, 0.3) is 0 Å². The lowest BCUT2D eigenvalue weighted by molar-refractivity contribution is -0.142. The van der Waals surface area contributed by atoms with Gasteiger partial charge >= 0.3 is 5.97 Å². The van der Waals surface area contributed by atoms with Crippen molar-refractivity contribution in [1.82, 2.24) is 4.31 Å². The van der Waals surface area contributed by atoms with Crippen LogP contribution in [-0.4, -0.2) is 44.0 Å². The molecule has 20 heavy (non-hydrogen) atoms. The number of para-hydroxylation sites is 1. The molecule has 7 heteroatoms. The smallest absolute Gasteiger partial charge is 0.308 e. The maximum absolute atomic E-state index is 12.6. The molecule has 6 nitrogen and oxygen atoms in total. The molecule has 2 unspecified atom stereocenters. The third-order valence-electron chi connectivity index (χ3n) is 3.58. The third kappa shape index (κ3) is 2.51. The average molecular weight is 299 g/mol. The van der Waals surface area contributed by atoms with Gasteiger partial charge in [0.1, 0.15) is 10.6 Å². The number of benzene rings is 1. The lowest BCUT2D eigenvalue weighted by Gasteiger charge is -2.17. The molecule has 110 valence electrons. The quantitative estimate of drug-likeness (QED) is 0.898. The van der Waals surface area contributed by atoms with Gasteiger partial charge in [0, 0.05) is 13.1 Å². The number of hydrogen-bond donors (Lipinski definition) is 1. The van der Waals surface area contributed by atoms with Crippen molar-refractivity contribution in [1.29, 1.82) is 0 Å². The Morgan fingerprint density at radius 1 is 1.35 bits per heavy atom. The summed E-state index contributed by atoms with van der Waals surface area (Å²) < 4.78 is 31.4. The summed E-state index contributed by atoms with van der Waals surface area (Å²) >= 11 is 0. The van der Waals surface area contributed by atoms with Crippen LogP contribution in [0.25, 0.3) is 0 Å². The Morgan fingerprint density at radius 2 is 2.00 bits per heavy atom. The Hall–Kier alpha value is -1.60. The molecule has 2 rings (SSSR count). The first-order valence-electron chi connectivity index (χ1n) is 6.24. The van der Waals surface area contributed by atoms with Crippen molar-refractivity contribution in [3.63, 3.8) is 0 Å². The van der Waals surface area contributed by atoms with E-state index in [4.69, 9.17) is 9.84 Å².